The van der Waals surface area contributed by atoms with Crippen LogP contribution in [0.3, 0.4) is 0 Å². The Kier molecular flexibility index (Phi) is 5.64. The van der Waals surface area contributed by atoms with E-state index in [-0.39, 0.29) is 40.9 Å². The van der Waals surface area contributed by atoms with Crippen LogP contribution in [-0.2, 0) is 16.0 Å². The van der Waals surface area contributed by atoms with Crippen LogP contribution in [0, 0.1) is 11.8 Å². The molecule has 4 aliphatic rings. The van der Waals surface area contributed by atoms with Crippen LogP contribution in [0.5, 0.6) is 11.5 Å². The molecule has 5 rings (SSSR count). The van der Waals surface area contributed by atoms with Gasteiger partial charge in [-0.3, -0.25) is 19.3 Å². The van der Waals surface area contributed by atoms with Crippen molar-refractivity contribution in [2.45, 2.75) is 43.4 Å². The fraction of sp³-hybridized carbons (Fsp3) is 0.480. The molecular formula is C25H29N3O9. The number of amides is 1. The maximum Gasteiger partial charge on any atom is 0.255 e. The zero-order chi connectivity index (χ0) is 27.1. The Labute approximate surface area is 211 Å². The molecule has 0 saturated carbocycles. The van der Waals surface area contributed by atoms with Crippen molar-refractivity contribution >= 4 is 17.5 Å². The molecule has 1 aliphatic heterocycles. The highest BCUT2D eigenvalue weighted by molar-refractivity contribution is 6.24. The minimum absolute atomic E-state index is 0.0279. The molecule has 1 amide bonds. The van der Waals surface area contributed by atoms with E-state index in [2.05, 4.69) is 0 Å². The normalized spacial score (nSPS) is 32.0. The van der Waals surface area contributed by atoms with Crippen LogP contribution in [0.4, 0.5) is 0 Å². The minimum Gasteiger partial charge on any atom is -0.510 e. The number of carbonyl (C=O) groups is 3. The molecule has 0 spiro atoms. The Bertz CT molecular complexity index is 1320. The van der Waals surface area contributed by atoms with Crippen molar-refractivity contribution in [3.63, 3.8) is 0 Å². The predicted octanol–water partition coefficient (Wildman–Crippen LogP) is 0.352. The van der Waals surface area contributed by atoms with E-state index in [9.17, 15) is 45.1 Å². The summed E-state index contributed by atoms with van der Waals surface area (Å²) < 4.78 is 0. The third-order valence-corrected chi connectivity index (χ3v) is 8.31. The number of Topliss-reactive ketones (excluding diaryl/α,β-unsaturated/α-hetero) is 2. The lowest BCUT2D eigenvalue weighted by atomic mass is 9.58. The SMILES string of the molecule is CN(C)C1C(O)=C(C(N)=O)C(=O)[C@@]2(O)C(O)=C3C(=O)c4c(O)cc(C5CCCN5O)c(O)c4CC3C[C@@H]12. The lowest BCUT2D eigenvalue weighted by molar-refractivity contribution is -0.148. The molecule has 198 valence electrons. The second-order valence-electron chi connectivity index (χ2n) is 10.5. The number of nitrogens with zero attached hydrogens (tertiary/aromatic N) is 2. The molecule has 3 unspecified atom stereocenters. The van der Waals surface area contributed by atoms with Crippen molar-refractivity contribution in [2.75, 3.05) is 20.6 Å². The molecule has 1 heterocycles. The average molecular weight is 516 g/mol. The van der Waals surface area contributed by atoms with Gasteiger partial charge < -0.3 is 36.5 Å². The number of primary amides is 1. The smallest absolute Gasteiger partial charge is 0.255 e. The molecule has 0 bridgehead atoms. The maximum atomic E-state index is 13.6. The summed E-state index contributed by atoms with van der Waals surface area (Å²) >= 11 is 0. The molecule has 1 saturated heterocycles. The van der Waals surface area contributed by atoms with E-state index in [1.54, 1.807) is 14.1 Å². The van der Waals surface area contributed by atoms with Gasteiger partial charge in [0.1, 0.15) is 28.6 Å². The highest BCUT2D eigenvalue weighted by Crippen LogP contribution is 2.54. The number of benzene rings is 1. The van der Waals surface area contributed by atoms with Gasteiger partial charge in [0.05, 0.1) is 17.6 Å². The standard InChI is InChI=1S/C25H29N3O9/c1-27(2)18-12-7-9-6-11-16(14(29)8-10(19(11)30)13-4-3-5-28(13)37)20(31)15(9)22(33)25(12,36)23(34)17(21(18)32)24(26)35/h8-9,12-13,18,29-30,32-33,36-37H,3-7H2,1-2H3,(H2,26,35)/t9?,12-,13?,18?,25-/m0/s1. The highest BCUT2D eigenvalue weighted by Gasteiger charge is 2.63. The maximum absolute atomic E-state index is 13.6. The molecule has 8 N–H and O–H groups in total. The number of hydrogen-bond donors (Lipinski definition) is 7. The van der Waals surface area contributed by atoms with Gasteiger partial charge in [-0.2, -0.15) is 5.06 Å². The zero-order valence-corrected chi connectivity index (χ0v) is 20.3. The van der Waals surface area contributed by atoms with E-state index in [1.807, 2.05) is 0 Å². The first-order valence-corrected chi connectivity index (χ1v) is 12.0. The van der Waals surface area contributed by atoms with Gasteiger partial charge in [-0.25, -0.2) is 0 Å². The van der Waals surface area contributed by atoms with Crippen LogP contribution in [0.15, 0.2) is 28.7 Å². The summed E-state index contributed by atoms with van der Waals surface area (Å²) in [6.07, 6.45) is 1.10. The quantitative estimate of drug-likeness (QED) is 0.216. The fourth-order valence-corrected chi connectivity index (χ4v) is 6.66. The monoisotopic (exact) mass is 515 g/mol. The number of hydroxylamine groups is 2. The number of phenols is 2. The number of fused-ring (bicyclic) bond motifs is 3. The van der Waals surface area contributed by atoms with Crippen LogP contribution in [-0.4, -0.2) is 90.5 Å². The van der Waals surface area contributed by atoms with Gasteiger partial charge in [-0.1, -0.05) is 0 Å². The van der Waals surface area contributed by atoms with Gasteiger partial charge >= 0.3 is 0 Å². The van der Waals surface area contributed by atoms with Crippen LogP contribution < -0.4 is 5.73 Å². The second kappa shape index (κ2) is 8.28. The van der Waals surface area contributed by atoms with Gasteiger partial charge in [-0.15, -0.1) is 0 Å². The van der Waals surface area contributed by atoms with Crippen LogP contribution in [0.25, 0.3) is 0 Å². The summed E-state index contributed by atoms with van der Waals surface area (Å²) in [6, 6.07) is -0.472. The number of aliphatic hydroxyl groups is 3. The number of nitrogens with two attached hydrogens (primary N) is 1. The lowest BCUT2D eigenvalue weighted by Crippen LogP contribution is -2.63. The summed E-state index contributed by atoms with van der Waals surface area (Å²) in [7, 11) is 3.09. The van der Waals surface area contributed by atoms with E-state index in [0.29, 0.717) is 19.4 Å². The van der Waals surface area contributed by atoms with Gasteiger partial charge in [-0.05, 0) is 51.8 Å². The van der Waals surface area contributed by atoms with Crippen molar-refractivity contribution in [1.29, 1.82) is 0 Å². The van der Waals surface area contributed by atoms with Crippen molar-refractivity contribution in [3.05, 3.63) is 45.4 Å². The van der Waals surface area contributed by atoms with E-state index in [0.717, 1.165) is 5.06 Å². The first-order chi connectivity index (χ1) is 17.3. The van der Waals surface area contributed by atoms with Crippen molar-refractivity contribution < 1.29 is 45.1 Å². The Morgan fingerprint density at radius 3 is 2.43 bits per heavy atom. The Morgan fingerprint density at radius 1 is 1.19 bits per heavy atom. The number of rotatable bonds is 3. The number of aromatic hydroxyl groups is 2. The number of carbonyl (C=O) groups excluding carboxylic acids is 3. The summed E-state index contributed by atoms with van der Waals surface area (Å²) in [4.78, 5) is 40.4. The van der Waals surface area contributed by atoms with E-state index >= 15 is 0 Å². The third-order valence-electron chi connectivity index (χ3n) is 8.31. The van der Waals surface area contributed by atoms with E-state index in [4.69, 9.17) is 5.73 Å². The molecule has 3 aliphatic carbocycles. The molecule has 1 aromatic rings. The Balaban J connectivity index is 1.69. The summed E-state index contributed by atoms with van der Waals surface area (Å²) in [5.74, 6) is -7.77. The predicted molar refractivity (Wildman–Crippen MR) is 126 cm³/mol. The number of likely N-dealkylation sites (N-methyl/N-ethyl adjacent to an activating group) is 1. The fourth-order valence-electron chi connectivity index (χ4n) is 6.66. The lowest BCUT2D eigenvalue weighted by Gasteiger charge is -2.50. The summed E-state index contributed by atoms with van der Waals surface area (Å²) in [5, 5.41) is 66.8. The second-order valence-corrected chi connectivity index (χ2v) is 10.5. The molecule has 12 nitrogen and oxygen atoms in total. The van der Waals surface area contributed by atoms with Crippen molar-refractivity contribution in [1.82, 2.24) is 9.96 Å². The van der Waals surface area contributed by atoms with Gasteiger partial charge in [0.25, 0.3) is 5.91 Å². The van der Waals surface area contributed by atoms with Crippen LogP contribution >= 0.6 is 0 Å². The molecule has 1 aromatic carbocycles. The highest BCUT2D eigenvalue weighted by atomic mass is 16.5. The van der Waals surface area contributed by atoms with E-state index < -0.39 is 69.8 Å². The Morgan fingerprint density at radius 2 is 1.86 bits per heavy atom. The third kappa shape index (κ3) is 3.26. The largest absolute Gasteiger partial charge is 0.510 e. The summed E-state index contributed by atoms with van der Waals surface area (Å²) in [5.41, 5.74) is 1.55. The number of aliphatic hydroxyl groups excluding tert-OH is 2. The molecule has 0 radical (unpaired) electrons. The zero-order valence-electron chi connectivity index (χ0n) is 20.3. The molecule has 0 aromatic heterocycles. The van der Waals surface area contributed by atoms with Gasteiger partial charge in [0.2, 0.25) is 5.78 Å². The summed E-state index contributed by atoms with van der Waals surface area (Å²) in [6.45, 7) is 0.384. The van der Waals surface area contributed by atoms with Gasteiger partial charge in [0, 0.05) is 29.2 Å². The van der Waals surface area contributed by atoms with Gasteiger partial charge in [0.15, 0.2) is 11.4 Å². The molecule has 1 fully saturated rings. The minimum atomic E-state index is -2.72. The van der Waals surface area contributed by atoms with Crippen molar-refractivity contribution in [3.8, 4) is 11.5 Å². The first-order valence-electron chi connectivity index (χ1n) is 12.0. The average Bonchev–Trinajstić information content (AvgIpc) is 3.23. The first kappa shape index (κ1) is 25.2. The molecule has 5 atom stereocenters. The number of phenolic OH excluding ortho intramolecular Hbond substituents is 2. The molecular weight excluding hydrogens is 486 g/mol. The van der Waals surface area contributed by atoms with Crippen LogP contribution in [0.1, 0.15) is 46.8 Å². The molecule has 37 heavy (non-hydrogen) atoms. The number of ketones is 2. The van der Waals surface area contributed by atoms with Crippen molar-refractivity contribution in [2.24, 2.45) is 17.6 Å². The number of hydrogen-bond acceptors (Lipinski definition) is 11. The number of allylic oxidation sites excluding steroid dienone is 1. The topological polar surface area (TPSA) is 205 Å². The Hall–Kier alpha value is -3.45. The van der Waals surface area contributed by atoms with E-state index in [1.165, 1.54) is 11.0 Å². The van der Waals surface area contributed by atoms with Crippen LogP contribution in [0.2, 0.25) is 0 Å². The molecule has 12 heteroatoms.